The number of benzene rings is 3. The summed E-state index contributed by atoms with van der Waals surface area (Å²) in [5, 5.41) is 0. The van der Waals surface area contributed by atoms with Crippen LogP contribution in [0.4, 0.5) is 10.1 Å². The van der Waals surface area contributed by atoms with Gasteiger partial charge in [-0.25, -0.2) is 17.1 Å². The van der Waals surface area contributed by atoms with E-state index in [4.69, 9.17) is 4.74 Å². The zero-order valence-corrected chi connectivity index (χ0v) is 19.5. The van der Waals surface area contributed by atoms with Crippen molar-refractivity contribution in [3.8, 4) is 0 Å². The Labute approximate surface area is 198 Å². The molecule has 0 spiro atoms. The highest BCUT2D eigenvalue weighted by molar-refractivity contribution is 7.92. The standard InChI is InChI=1S/C27H24FNO4S/c1-17-6-9-21(10-7-17)34(31,32)29-24-5-3-2-4-23(24)27(12-13-33-26(27)29)16-19-14-18-15-20(28)8-11-22(18)25(19)30/h2-11,15,19,26H,12-14,16H2,1H3/t19?,26-,27+/m0/s1. The lowest BCUT2D eigenvalue weighted by molar-refractivity contribution is 0.0787. The molecule has 34 heavy (non-hydrogen) atoms. The Bertz CT molecular complexity index is 1420. The SMILES string of the molecule is Cc1ccc(S(=O)(=O)N2c3ccccc3[C@]3(CC4Cc5cc(F)ccc5C4=O)CCO[C@H]23)cc1. The molecule has 174 valence electrons. The Morgan fingerprint density at radius 1 is 1.09 bits per heavy atom. The van der Waals surface area contributed by atoms with E-state index in [1.807, 2.05) is 31.2 Å². The summed E-state index contributed by atoms with van der Waals surface area (Å²) in [5.41, 5.74) is 3.11. The summed E-state index contributed by atoms with van der Waals surface area (Å²) in [6, 6.07) is 18.6. The number of hydrogen-bond acceptors (Lipinski definition) is 4. The zero-order valence-electron chi connectivity index (χ0n) is 18.7. The van der Waals surface area contributed by atoms with Crippen LogP contribution >= 0.6 is 0 Å². The highest BCUT2D eigenvalue weighted by atomic mass is 32.2. The monoisotopic (exact) mass is 477 g/mol. The number of fused-ring (bicyclic) bond motifs is 4. The Kier molecular flexibility index (Phi) is 4.73. The van der Waals surface area contributed by atoms with Crippen molar-refractivity contribution in [2.24, 2.45) is 5.92 Å². The number of aryl methyl sites for hydroxylation is 1. The third kappa shape index (κ3) is 3.00. The number of rotatable bonds is 4. The number of para-hydroxylation sites is 1. The summed E-state index contributed by atoms with van der Waals surface area (Å²) >= 11 is 0. The second-order valence-electron chi connectivity index (χ2n) is 9.53. The van der Waals surface area contributed by atoms with Crippen LogP contribution in [-0.4, -0.2) is 27.0 Å². The molecule has 0 aromatic heterocycles. The van der Waals surface area contributed by atoms with E-state index in [0.29, 0.717) is 37.1 Å². The van der Waals surface area contributed by atoms with Crippen LogP contribution in [0, 0.1) is 18.7 Å². The zero-order chi connectivity index (χ0) is 23.7. The third-order valence-corrected chi connectivity index (χ3v) is 9.32. The molecule has 6 rings (SSSR count). The van der Waals surface area contributed by atoms with Gasteiger partial charge in [-0.05, 0) is 73.7 Å². The van der Waals surface area contributed by atoms with E-state index >= 15 is 0 Å². The van der Waals surface area contributed by atoms with Crippen LogP contribution < -0.4 is 4.31 Å². The fraction of sp³-hybridized carbons (Fsp3) is 0.296. The molecule has 1 fully saturated rings. The van der Waals surface area contributed by atoms with Crippen LogP contribution in [0.25, 0.3) is 0 Å². The summed E-state index contributed by atoms with van der Waals surface area (Å²) in [6.07, 6.45) is 0.782. The number of carbonyl (C=O) groups excluding carboxylic acids is 1. The fourth-order valence-corrected chi connectivity index (χ4v) is 7.60. The maximum atomic E-state index is 13.8. The van der Waals surface area contributed by atoms with Crippen LogP contribution in [0.15, 0.2) is 71.6 Å². The quantitative estimate of drug-likeness (QED) is 0.543. The average Bonchev–Trinajstić information content (AvgIpc) is 3.43. The minimum Gasteiger partial charge on any atom is -0.356 e. The number of sulfonamides is 1. The molecule has 2 heterocycles. The Morgan fingerprint density at radius 2 is 1.85 bits per heavy atom. The second-order valence-corrected chi connectivity index (χ2v) is 11.3. The van der Waals surface area contributed by atoms with Gasteiger partial charge in [-0.1, -0.05) is 35.9 Å². The van der Waals surface area contributed by atoms with E-state index in [-0.39, 0.29) is 22.4 Å². The molecule has 0 saturated carbocycles. The molecule has 3 aliphatic rings. The van der Waals surface area contributed by atoms with Crippen molar-refractivity contribution in [3.63, 3.8) is 0 Å². The first-order valence-electron chi connectivity index (χ1n) is 11.5. The van der Waals surface area contributed by atoms with Crippen molar-refractivity contribution in [3.05, 3.63) is 94.8 Å². The maximum absolute atomic E-state index is 13.8. The second kappa shape index (κ2) is 7.48. The average molecular weight is 478 g/mol. The van der Waals surface area contributed by atoms with Crippen molar-refractivity contribution in [2.45, 2.75) is 42.7 Å². The van der Waals surface area contributed by atoms with Gasteiger partial charge < -0.3 is 4.74 Å². The summed E-state index contributed by atoms with van der Waals surface area (Å²) < 4.78 is 49.0. The van der Waals surface area contributed by atoms with E-state index in [1.165, 1.54) is 16.4 Å². The van der Waals surface area contributed by atoms with Crippen molar-refractivity contribution >= 4 is 21.5 Å². The topological polar surface area (TPSA) is 63.7 Å². The van der Waals surface area contributed by atoms with Gasteiger partial charge in [0.05, 0.1) is 17.2 Å². The van der Waals surface area contributed by atoms with Crippen LogP contribution in [0.5, 0.6) is 0 Å². The predicted molar refractivity (Wildman–Crippen MR) is 126 cm³/mol. The highest BCUT2D eigenvalue weighted by Gasteiger charge is 2.59. The molecule has 0 radical (unpaired) electrons. The van der Waals surface area contributed by atoms with Crippen molar-refractivity contribution in [1.29, 1.82) is 0 Å². The Morgan fingerprint density at radius 3 is 2.65 bits per heavy atom. The minimum absolute atomic E-state index is 0.00709. The number of ether oxygens (including phenoxy) is 1. The molecule has 7 heteroatoms. The van der Waals surface area contributed by atoms with Gasteiger partial charge in [-0.3, -0.25) is 4.79 Å². The lowest BCUT2D eigenvalue weighted by atomic mass is 9.72. The molecule has 0 bridgehead atoms. The largest absolute Gasteiger partial charge is 0.356 e. The Hall–Kier alpha value is -3.03. The molecule has 0 amide bonds. The predicted octanol–water partition coefficient (Wildman–Crippen LogP) is 4.77. The van der Waals surface area contributed by atoms with Gasteiger partial charge in [-0.15, -0.1) is 0 Å². The van der Waals surface area contributed by atoms with Gasteiger partial charge in [0.25, 0.3) is 10.0 Å². The van der Waals surface area contributed by atoms with Crippen LogP contribution in [0.1, 0.15) is 39.9 Å². The van der Waals surface area contributed by atoms with E-state index in [9.17, 15) is 17.6 Å². The van der Waals surface area contributed by atoms with E-state index in [0.717, 1.165) is 16.7 Å². The minimum atomic E-state index is -3.89. The number of anilines is 1. The number of ketones is 1. The van der Waals surface area contributed by atoms with E-state index in [2.05, 4.69) is 0 Å². The number of carbonyl (C=O) groups is 1. The lowest BCUT2D eigenvalue weighted by Crippen LogP contribution is -2.46. The molecule has 1 aliphatic carbocycles. The molecular weight excluding hydrogens is 453 g/mol. The maximum Gasteiger partial charge on any atom is 0.266 e. The van der Waals surface area contributed by atoms with Gasteiger partial charge in [0.2, 0.25) is 0 Å². The molecule has 0 N–H and O–H groups in total. The molecule has 1 unspecified atom stereocenters. The van der Waals surface area contributed by atoms with Crippen LogP contribution in [-0.2, 0) is 26.6 Å². The smallest absolute Gasteiger partial charge is 0.266 e. The molecule has 3 atom stereocenters. The number of hydrogen-bond donors (Lipinski definition) is 0. The lowest BCUT2D eigenvalue weighted by Gasteiger charge is -2.33. The van der Waals surface area contributed by atoms with Crippen LogP contribution in [0.2, 0.25) is 0 Å². The molecular formula is C27H24FNO4S. The van der Waals surface area contributed by atoms with E-state index < -0.39 is 21.7 Å². The number of Topliss-reactive ketones (excluding diaryl/α,β-unsaturated/α-hetero) is 1. The molecule has 3 aromatic rings. The fourth-order valence-electron chi connectivity index (χ4n) is 5.96. The van der Waals surface area contributed by atoms with Crippen molar-refractivity contribution < 1.29 is 22.3 Å². The van der Waals surface area contributed by atoms with Gasteiger partial charge in [0.15, 0.2) is 12.0 Å². The van der Waals surface area contributed by atoms with Gasteiger partial charge in [0.1, 0.15) is 5.82 Å². The number of halogens is 1. The van der Waals surface area contributed by atoms with Crippen LogP contribution in [0.3, 0.4) is 0 Å². The summed E-state index contributed by atoms with van der Waals surface area (Å²) in [6.45, 7) is 2.32. The van der Waals surface area contributed by atoms with Gasteiger partial charge >= 0.3 is 0 Å². The first-order valence-corrected chi connectivity index (χ1v) is 12.9. The summed E-state index contributed by atoms with van der Waals surface area (Å²) in [7, 11) is -3.89. The molecule has 3 aromatic carbocycles. The Balaban J connectivity index is 1.43. The van der Waals surface area contributed by atoms with Gasteiger partial charge in [-0.2, -0.15) is 0 Å². The summed E-state index contributed by atoms with van der Waals surface area (Å²) in [5.74, 6) is -0.711. The summed E-state index contributed by atoms with van der Waals surface area (Å²) in [4.78, 5) is 13.4. The van der Waals surface area contributed by atoms with Crippen molar-refractivity contribution in [2.75, 3.05) is 10.9 Å². The van der Waals surface area contributed by atoms with Crippen molar-refractivity contribution in [1.82, 2.24) is 0 Å². The van der Waals surface area contributed by atoms with E-state index in [1.54, 1.807) is 30.3 Å². The highest BCUT2D eigenvalue weighted by Crippen LogP contribution is 2.56. The first-order chi connectivity index (χ1) is 16.3. The number of nitrogens with zero attached hydrogens (tertiary/aromatic N) is 1. The first kappa shape index (κ1) is 21.5. The molecule has 5 nitrogen and oxygen atoms in total. The molecule has 2 aliphatic heterocycles. The third-order valence-electron chi connectivity index (χ3n) is 7.55. The normalized spacial score (nSPS) is 25.4. The molecule has 1 saturated heterocycles. The van der Waals surface area contributed by atoms with Gasteiger partial charge in [0, 0.05) is 16.9 Å².